The smallest absolute Gasteiger partial charge is 0.259 e. The average Bonchev–Trinajstić information content (AvgIpc) is 2.79. The van der Waals surface area contributed by atoms with E-state index in [0.717, 1.165) is 30.4 Å². The first-order valence-corrected chi connectivity index (χ1v) is 10.4. The molecule has 0 bridgehead atoms. The molecule has 0 atom stereocenters. The molecule has 1 aliphatic rings. The van der Waals surface area contributed by atoms with Crippen LogP contribution < -0.4 is 9.64 Å². The highest BCUT2D eigenvalue weighted by molar-refractivity contribution is 5.97. The zero-order valence-corrected chi connectivity index (χ0v) is 18.4. The van der Waals surface area contributed by atoms with Gasteiger partial charge in [-0.05, 0) is 48.9 Å². The normalized spacial score (nSPS) is 14.4. The number of hydrogen-bond acceptors (Lipinski definition) is 5. The number of methoxy groups -OCH3 is 2. The maximum absolute atomic E-state index is 13.2. The minimum Gasteiger partial charge on any atom is -0.480 e. The lowest BCUT2D eigenvalue weighted by atomic mass is 9.90. The Morgan fingerprint density at radius 2 is 1.97 bits per heavy atom. The molecule has 1 aromatic heterocycles. The first kappa shape index (κ1) is 22.7. The van der Waals surface area contributed by atoms with E-state index in [1.165, 1.54) is 19.2 Å². The molecule has 1 amide bonds. The first-order valence-electron chi connectivity index (χ1n) is 10.4. The van der Waals surface area contributed by atoms with Crippen molar-refractivity contribution in [3.05, 3.63) is 59.4 Å². The monoisotopic (exact) mass is 427 g/mol. The Balaban J connectivity index is 1.71. The third-order valence-corrected chi connectivity index (χ3v) is 5.66. The number of amides is 1. The van der Waals surface area contributed by atoms with Crippen LogP contribution in [0.15, 0.2) is 36.9 Å². The van der Waals surface area contributed by atoms with Crippen LogP contribution in [-0.4, -0.2) is 56.9 Å². The van der Waals surface area contributed by atoms with Gasteiger partial charge >= 0.3 is 0 Å². The largest absolute Gasteiger partial charge is 0.480 e. The number of ether oxygens (including phenoxy) is 2. The van der Waals surface area contributed by atoms with Gasteiger partial charge in [-0.2, -0.15) is 4.98 Å². The fourth-order valence-electron chi connectivity index (χ4n) is 3.99. The minimum absolute atomic E-state index is 0.0892. The zero-order valence-electron chi connectivity index (χ0n) is 18.4. The fourth-order valence-corrected chi connectivity index (χ4v) is 3.99. The number of pyridine rings is 1. The van der Waals surface area contributed by atoms with Gasteiger partial charge in [-0.15, -0.1) is 0 Å². The summed E-state index contributed by atoms with van der Waals surface area (Å²) in [6, 6.07) is 8.45. The van der Waals surface area contributed by atoms with Crippen LogP contribution in [0.4, 0.5) is 10.2 Å². The molecule has 31 heavy (non-hydrogen) atoms. The quantitative estimate of drug-likeness (QED) is 0.596. The van der Waals surface area contributed by atoms with Crippen LogP contribution in [0.3, 0.4) is 0 Å². The fraction of sp³-hybridized carbons (Fsp3) is 0.417. The number of carbonyl (C=O) groups is 1. The molecular formula is C24H30FN3O3. The van der Waals surface area contributed by atoms with E-state index in [1.54, 1.807) is 19.3 Å². The summed E-state index contributed by atoms with van der Waals surface area (Å²) >= 11 is 0. The van der Waals surface area contributed by atoms with Crippen molar-refractivity contribution in [1.29, 1.82) is 0 Å². The molecule has 2 heterocycles. The van der Waals surface area contributed by atoms with Crippen LogP contribution in [0.25, 0.3) is 6.08 Å². The van der Waals surface area contributed by atoms with Crippen LogP contribution in [0.1, 0.15) is 34.3 Å². The Morgan fingerprint density at radius 3 is 2.55 bits per heavy atom. The van der Waals surface area contributed by atoms with E-state index in [9.17, 15) is 9.18 Å². The molecule has 6 nitrogen and oxygen atoms in total. The SMILES string of the molecule is C=Cc1cc(C(=O)N2CCC(Cc3ccc(F)cc3)CC2)c(OC)nc1N(C)COC. The van der Waals surface area contributed by atoms with Crippen molar-refractivity contribution >= 4 is 17.8 Å². The Bertz CT molecular complexity index is 909. The highest BCUT2D eigenvalue weighted by atomic mass is 19.1. The Kier molecular flexibility index (Phi) is 7.63. The molecule has 1 saturated heterocycles. The first-order chi connectivity index (χ1) is 15.0. The molecule has 0 saturated carbocycles. The summed E-state index contributed by atoms with van der Waals surface area (Å²) in [6.45, 7) is 5.55. The summed E-state index contributed by atoms with van der Waals surface area (Å²) in [6.07, 6.45) is 4.39. The van der Waals surface area contributed by atoms with Crippen molar-refractivity contribution < 1.29 is 18.7 Å². The van der Waals surface area contributed by atoms with Gasteiger partial charge < -0.3 is 19.3 Å². The summed E-state index contributed by atoms with van der Waals surface area (Å²) in [5.74, 6) is 1.10. The zero-order chi connectivity index (χ0) is 22.4. The lowest BCUT2D eigenvalue weighted by molar-refractivity contribution is 0.0686. The van der Waals surface area contributed by atoms with Crippen molar-refractivity contribution in [3.63, 3.8) is 0 Å². The lowest BCUT2D eigenvalue weighted by Crippen LogP contribution is -2.39. The third-order valence-electron chi connectivity index (χ3n) is 5.66. The molecule has 7 heteroatoms. The number of hydrogen-bond donors (Lipinski definition) is 0. The molecule has 1 aliphatic heterocycles. The number of carbonyl (C=O) groups excluding carboxylic acids is 1. The topological polar surface area (TPSA) is 54.9 Å². The standard InChI is InChI=1S/C24H30FN3O3/c1-5-19-15-21(23(31-4)26-22(19)27(2)16-30-3)24(29)28-12-10-18(11-13-28)14-17-6-8-20(25)9-7-17/h5-9,15,18H,1,10-14,16H2,2-4H3. The van der Waals surface area contributed by atoms with Crippen LogP contribution in [-0.2, 0) is 11.2 Å². The molecule has 2 aromatic rings. The maximum atomic E-state index is 13.2. The van der Waals surface area contributed by atoms with E-state index in [2.05, 4.69) is 11.6 Å². The predicted octanol–water partition coefficient (Wildman–Crippen LogP) is 4.01. The summed E-state index contributed by atoms with van der Waals surface area (Å²) in [5.41, 5.74) is 2.31. The summed E-state index contributed by atoms with van der Waals surface area (Å²) in [5, 5.41) is 0. The van der Waals surface area contributed by atoms with Crippen LogP contribution in [0, 0.1) is 11.7 Å². The average molecular weight is 428 g/mol. The van der Waals surface area contributed by atoms with Gasteiger partial charge in [0.15, 0.2) is 0 Å². The number of likely N-dealkylation sites (tertiary alicyclic amines) is 1. The van der Waals surface area contributed by atoms with E-state index >= 15 is 0 Å². The van der Waals surface area contributed by atoms with Gasteiger partial charge in [0.25, 0.3) is 5.91 Å². The third kappa shape index (κ3) is 5.41. The van der Waals surface area contributed by atoms with Crippen molar-refractivity contribution in [3.8, 4) is 5.88 Å². The number of aromatic nitrogens is 1. The molecule has 0 aliphatic carbocycles. The van der Waals surface area contributed by atoms with Gasteiger partial charge in [0, 0.05) is 32.8 Å². The van der Waals surface area contributed by atoms with Crippen molar-refractivity contribution in [2.75, 3.05) is 46.0 Å². The minimum atomic E-state index is -0.218. The molecular weight excluding hydrogens is 397 g/mol. The predicted molar refractivity (Wildman–Crippen MR) is 120 cm³/mol. The van der Waals surface area contributed by atoms with E-state index < -0.39 is 0 Å². The lowest BCUT2D eigenvalue weighted by Gasteiger charge is -2.32. The van der Waals surface area contributed by atoms with Crippen LogP contribution in [0.2, 0.25) is 0 Å². The van der Waals surface area contributed by atoms with E-state index in [-0.39, 0.29) is 11.7 Å². The van der Waals surface area contributed by atoms with Crippen LogP contribution in [0.5, 0.6) is 5.88 Å². The van der Waals surface area contributed by atoms with Crippen molar-refractivity contribution in [2.24, 2.45) is 5.92 Å². The molecule has 1 aromatic carbocycles. The summed E-state index contributed by atoms with van der Waals surface area (Å²) < 4.78 is 23.7. The Hall–Kier alpha value is -2.93. The second kappa shape index (κ2) is 10.4. The summed E-state index contributed by atoms with van der Waals surface area (Å²) in [7, 11) is 4.98. The number of nitrogens with zero attached hydrogens (tertiary/aromatic N) is 3. The molecule has 3 rings (SSSR count). The van der Waals surface area contributed by atoms with Gasteiger partial charge in [0.2, 0.25) is 5.88 Å². The van der Waals surface area contributed by atoms with Gasteiger partial charge in [0.1, 0.15) is 23.9 Å². The van der Waals surface area contributed by atoms with E-state index in [1.807, 2.05) is 29.0 Å². The molecule has 0 N–H and O–H groups in total. The second-order valence-electron chi connectivity index (χ2n) is 7.84. The maximum Gasteiger partial charge on any atom is 0.259 e. The molecule has 166 valence electrons. The highest BCUT2D eigenvalue weighted by Gasteiger charge is 2.27. The molecule has 0 spiro atoms. The van der Waals surface area contributed by atoms with Crippen LogP contribution >= 0.6 is 0 Å². The number of anilines is 1. The number of piperidine rings is 1. The number of halogens is 1. The van der Waals surface area contributed by atoms with Gasteiger partial charge in [-0.3, -0.25) is 4.79 Å². The molecule has 1 fully saturated rings. The highest BCUT2D eigenvalue weighted by Crippen LogP contribution is 2.29. The van der Waals surface area contributed by atoms with Gasteiger partial charge in [0.05, 0.1) is 7.11 Å². The number of benzene rings is 1. The number of rotatable bonds is 8. The van der Waals surface area contributed by atoms with Crippen molar-refractivity contribution in [2.45, 2.75) is 19.3 Å². The summed E-state index contributed by atoms with van der Waals surface area (Å²) in [4.78, 5) is 21.5. The Labute approximate surface area is 183 Å². The van der Waals surface area contributed by atoms with Gasteiger partial charge in [-0.1, -0.05) is 24.8 Å². The van der Waals surface area contributed by atoms with E-state index in [4.69, 9.17) is 9.47 Å². The molecule has 0 unspecified atom stereocenters. The molecule has 0 radical (unpaired) electrons. The van der Waals surface area contributed by atoms with Gasteiger partial charge in [-0.25, -0.2) is 4.39 Å². The van der Waals surface area contributed by atoms with Crippen molar-refractivity contribution in [1.82, 2.24) is 9.88 Å². The second-order valence-corrected chi connectivity index (χ2v) is 7.84. The Morgan fingerprint density at radius 1 is 1.29 bits per heavy atom. The van der Waals surface area contributed by atoms with E-state index in [0.29, 0.717) is 43.0 Å².